The molecule has 0 aromatic heterocycles. The number of allylic oxidation sites excluding steroid dienone is 1. The number of hydrogen-bond acceptors (Lipinski definition) is 2. The van der Waals surface area contributed by atoms with Gasteiger partial charge in [0.15, 0.2) is 0 Å². The van der Waals surface area contributed by atoms with Gasteiger partial charge in [-0.15, -0.1) is 0 Å². The van der Waals surface area contributed by atoms with Crippen molar-refractivity contribution in [3.63, 3.8) is 0 Å². The number of nitriles is 1. The van der Waals surface area contributed by atoms with Crippen LogP contribution in [0.2, 0.25) is 0 Å². The molecule has 0 saturated heterocycles. The Morgan fingerprint density at radius 3 is 2.61 bits per heavy atom. The van der Waals surface area contributed by atoms with Crippen molar-refractivity contribution >= 4 is 11.3 Å². The van der Waals surface area contributed by atoms with E-state index in [0.29, 0.717) is 5.92 Å². The number of benzene rings is 2. The Morgan fingerprint density at radius 1 is 1.11 bits per heavy atom. The van der Waals surface area contributed by atoms with Crippen molar-refractivity contribution in [3.8, 4) is 6.07 Å². The van der Waals surface area contributed by atoms with Gasteiger partial charge in [0.1, 0.15) is 5.82 Å². The fraction of sp³-hybridized carbons (Fsp3) is 0.400. The molecule has 2 N–H and O–H groups in total. The quantitative estimate of drug-likeness (QED) is 0.444. The molecule has 0 aliphatic heterocycles. The molecule has 146 valence electrons. The van der Waals surface area contributed by atoms with Crippen LogP contribution in [0.3, 0.4) is 0 Å². The summed E-state index contributed by atoms with van der Waals surface area (Å²) in [5.41, 5.74) is 9.95. The highest BCUT2D eigenvalue weighted by atomic mass is 19.1. The third-order valence-corrected chi connectivity index (χ3v) is 6.09. The number of nitrogens with two attached hydrogens (primary N) is 1. The van der Waals surface area contributed by atoms with Crippen molar-refractivity contribution in [2.24, 2.45) is 5.92 Å². The summed E-state index contributed by atoms with van der Waals surface area (Å²) in [5.74, 6) is 1.02. The molecular formula is C25H29FN2. The van der Waals surface area contributed by atoms with Crippen LogP contribution < -0.4 is 5.73 Å². The maximum absolute atomic E-state index is 13.3. The number of hydrogen-bond donors (Lipinski definition) is 1. The van der Waals surface area contributed by atoms with E-state index in [0.717, 1.165) is 35.5 Å². The van der Waals surface area contributed by atoms with Crippen molar-refractivity contribution in [3.05, 3.63) is 71.6 Å². The van der Waals surface area contributed by atoms with Crippen LogP contribution in [-0.2, 0) is 0 Å². The fourth-order valence-electron chi connectivity index (χ4n) is 4.34. The fourth-order valence-corrected chi connectivity index (χ4v) is 4.34. The molecule has 3 rings (SSSR count). The number of rotatable bonds is 6. The number of nitrogens with zero attached hydrogens (tertiary/aromatic N) is 1. The first-order valence-electron chi connectivity index (χ1n) is 10.3. The van der Waals surface area contributed by atoms with Crippen LogP contribution in [-0.4, -0.2) is 0 Å². The highest BCUT2D eigenvalue weighted by Crippen LogP contribution is 2.36. The molecule has 0 bridgehead atoms. The molecule has 3 heteroatoms. The zero-order chi connectivity index (χ0) is 19.9. The molecule has 2 atom stereocenters. The summed E-state index contributed by atoms with van der Waals surface area (Å²) in [6, 6.07) is 15.2. The van der Waals surface area contributed by atoms with E-state index in [2.05, 4.69) is 24.8 Å². The van der Waals surface area contributed by atoms with Gasteiger partial charge in [-0.2, -0.15) is 5.26 Å². The van der Waals surface area contributed by atoms with Crippen LogP contribution in [0, 0.1) is 23.1 Å². The summed E-state index contributed by atoms with van der Waals surface area (Å²) >= 11 is 0. The zero-order valence-electron chi connectivity index (χ0n) is 16.5. The van der Waals surface area contributed by atoms with E-state index >= 15 is 0 Å². The van der Waals surface area contributed by atoms with Crippen molar-refractivity contribution in [1.82, 2.24) is 0 Å². The summed E-state index contributed by atoms with van der Waals surface area (Å²) < 4.78 is 13.3. The molecule has 2 unspecified atom stereocenters. The zero-order valence-corrected chi connectivity index (χ0v) is 16.5. The van der Waals surface area contributed by atoms with Gasteiger partial charge in [-0.05, 0) is 84.9 Å². The van der Waals surface area contributed by atoms with Crippen LogP contribution >= 0.6 is 0 Å². The molecule has 0 amide bonds. The van der Waals surface area contributed by atoms with Gasteiger partial charge in [-0.25, -0.2) is 4.39 Å². The summed E-state index contributed by atoms with van der Waals surface area (Å²) in [6.07, 6.45) is 9.56. The molecule has 2 aromatic rings. The van der Waals surface area contributed by atoms with Gasteiger partial charge in [0.25, 0.3) is 0 Å². The predicted molar refractivity (Wildman–Crippen MR) is 114 cm³/mol. The molecule has 0 heterocycles. The largest absolute Gasteiger partial charge is 0.396 e. The SMILES string of the molecule is C=C(CCCC1CCCC(c2ccc(C#N)cc2)CC1)c1ccc(F)c(N)c1. The first-order chi connectivity index (χ1) is 13.6. The van der Waals surface area contributed by atoms with E-state index in [4.69, 9.17) is 11.0 Å². The molecule has 1 aliphatic rings. The normalized spacial score (nSPS) is 19.6. The summed E-state index contributed by atoms with van der Waals surface area (Å²) in [7, 11) is 0. The Balaban J connectivity index is 1.46. The Morgan fingerprint density at radius 2 is 1.89 bits per heavy atom. The van der Waals surface area contributed by atoms with Crippen molar-refractivity contribution in [1.29, 1.82) is 5.26 Å². The number of nitrogen functional groups attached to an aromatic ring is 1. The summed E-state index contributed by atoms with van der Waals surface area (Å²) in [4.78, 5) is 0. The Hall–Kier alpha value is -2.60. The third kappa shape index (κ3) is 5.23. The van der Waals surface area contributed by atoms with Gasteiger partial charge in [-0.1, -0.05) is 44.0 Å². The van der Waals surface area contributed by atoms with E-state index < -0.39 is 0 Å². The van der Waals surface area contributed by atoms with Crippen molar-refractivity contribution in [2.45, 2.75) is 57.3 Å². The van der Waals surface area contributed by atoms with Crippen LogP contribution in [0.15, 0.2) is 49.0 Å². The first-order valence-corrected chi connectivity index (χ1v) is 10.3. The van der Waals surface area contributed by atoms with Gasteiger partial charge in [0.2, 0.25) is 0 Å². The second-order valence-electron chi connectivity index (χ2n) is 8.04. The van der Waals surface area contributed by atoms with E-state index in [-0.39, 0.29) is 11.5 Å². The predicted octanol–water partition coefficient (Wildman–Crippen LogP) is 6.83. The van der Waals surface area contributed by atoms with E-state index in [1.54, 1.807) is 12.1 Å². The first kappa shape index (κ1) is 20.1. The third-order valence-electron chi connectivity index (χ3n) is 6.09. The van der Waals surface area contributed by atoms with Crippen LogP contribution in [0.5, 0.6) is 0 Å². The summed E-state index contributed by atoms with van der Waals surface area (Å²) in [5, 5.41) is 8.96. The minimum absolute atomic E-state index is 0.191. The maximum Gasteiger partial charge on any atom is 0.146 e. The number of halogens is 1. The Bertz CT molecular complexity index is 848. The minimum Gasteiger partial charge on any atom is -0.396 e. The molecule has 2 aromatic carbocycles. The summed E-state index contributed by atoms with van der Waals surface area (Å²) in [6.45, 7) is 4.16. The highest BCUT2D eigenvalue weighted by Gasteiger charge is 2.20. The maximum atomic E-state index is 13.3. The van der Waals surface area contributed by atoms with Crippen LogP contribution in [0.25, 0.3) is 5.57 Å². The lowest BCUT2D eigenvalue weighted by atomic mass is 9.89. The van der Waals surface area contributed by atoms with E-state index in [1.807, 2.05) is 12.1 Å². The van der Waals surface area contributed by atoms with Crippen LogP contribution in [0.1, 0.15) is 74.0 Å². The average molecular weight is 377 g/mol. The lowest BCUT2D eigenvalue weighted by Gasteiger charge is -2.16. The molecular weight excluding hydrogens is 347 g/mol. The minimum atomic E-state index is -0.369. The topological polar surface area (TPSA) is 49.8 Å². The number of anilines is 1. The molecule has 1 aliphatic carbocycles. The molecule has 2 nitrogen and oxygen atoms in total. The average Bonchev–Trinajstić information content (AvgIpc) is 2.96. The van der Waals surface area contributed by atoms with Gasteiger partial charge in [0, 0.05) is 0 Å². The van der Waals surface area contributed by atoms with Crippen molar-refractivity contribution < 1.29 is 4.39 Å². The van der Waals surface area contributed by atoms with E-state index in [1.165, 1.54) is 50.2 Å². The second-order valence-corrected chi connectivity index (χ2v) is 8.04. The highest BCUT2D eigenvalue weighted by molar-refractivity contribution is 5.66. The molecule has 0 spiro atoms. The van der Waals surface area contributed by atoms with Gasteiger partial charge in [-0.3, -0.25) is 0 Å². The smallest absolute Gasteiger partial charge is 0.146 e. The molecule has 28 heavy (non-hydrogen) atoms. The van der Waals surface area contributed by atoms with E-state index in [9.17, 15) is 4.39 Å². The molecule has 1 fully saturated rings. The molecule has 1 saturated carbocycles. The van der Waals surface area contributed by atoms with Gasteiger partial charge in [0.05, 0.1) is 17.3 Å². The van der Waals surface area contributed by atoms with Gasteiger partial charge >= 0.3 is 0 Å². The lowest BCUT2D eigenvalue weighted by Crippen LogP contribution is -2.00. The Kier molecular flexibility index (Phi) is 6.87. The second kappa shape index (κ2) is 9.55. The molecule has 0 radical (unpaired) electrons. The standard InChI is InChI=1S/C25H29FN2/c1-18(23-14-15-24(26)25(28)16-23)4-2-5-19-6-3-7-21(11-8-19)22-12-9-20(17-27)10-13-22/h9-10,12-16,19,21H,1-8,11,28H2. The monoisotopic (exact) mass is 376 g/mol. The van der Waals surface area contributed by atoms with Crippen LogP contribution in [0.4, 0.5) is 10.1 Å². The Labute approximate surface area is 167 Å². The lowest BCUT2D eigenvalue weighted by molar-refractivity contribution is 0.416. The van der Waals surface area contributed by atoms with Crippen molar-refractivity contribution in [2.75, 3.05) is 5.73 Å². The van der Waals surface area contributed by atoms with Gasteiger partial charge < -0.3 is 5.73 Å².